The molecule has 0 aromatic heterocycles. The minimum Gasteiger partial charge on any atom is -0.377 e. The second-order valence-electron chi connectivity index (χ2n) is 5.90. The van der Waals surface area contributed by atoms with Gasteiger partial charge < -0.3 is 10.1 Å². The van der Waals surface area contributed by atoms with E-state index in [1.54, 1.807) is 0 Å². The molecule has 16 heavy (non-hydrogen) atoms. The van der Waals surface area contributed by atoms with Crippen molar-refractivity contribution in [3.63, 3.8) is 0 Å². The molecule has 2 atom stereocenters. The highest BCUT2D eigenvalue weighted by molar-refractivity contribution is 4.87. The lowest BCUT2D eigenvalue weighted by atomic mass is 9.85. The average Bonchev–Trinajstić information content (AvgIpc) is 2.17. The highest BCUT2D eigenvalue weighted by Gasteiger charge is 2.29. The lowest BCUT2D eigenvalue weighted by Gasteiger charge is -2.41. The first-order valence-corrected chi connectivity index (χ1v) is 6.50. The summed E-state index contributed by atoms with van der Waals surface area (Å²) >= 11 is 0. The zero-order chi connectivity index (χ0) is 12.2. The molecule has 1 rings (SSSR count). The van der Waals surface area contributed by atoms with Gasteiger partial charge in [-0.3, -0.25) is 4.90 Å². The van der Waals surface area contributed by atoms with Crippen LogP contribution in [0.2, 0.25) is 0 Å². The van der Waals surface area contributed by atoms with Crippen molar-refractivity contribution in [2.75, 3.05) is 32.8 Å². The highest BCUT2D eigenvalue weighted by atomic mass is 16.5. The molecule has 96 valence electrons. The molecule has 2 unspecified atom stereocenters. The van der Waals surface area contributed by atoms with Crippen molar-refractivity contribution >= 4 is 0 Å². The molecule has 0 radical (unpaired) electrons. The Bertz CT molecular complexity index is 201. The van der Waals surface area contributed by atoms with E-state index in [0.717, 1.165) is 32.8 Å². The fraction of sp³-hybridized carbons (Fsp3) is 1.00. The molecular formula is C13H28N2O. The van der Waals surface area contributed by atoms with Crippen LogP contribution in [0.1, 0.15) is 34.6 Å². The molecule has 1 fully saturated rings. The van der Waals surface area contributed by atoms with Crippen LogP contribution in [0.15, 0.2) is 0 Å². The van der Waals surface area contributed by atoms with E-state index in [4.69, 9.17) is 4.74 Å². The predicted molar refractivity (Wildman–Crippen MR) is 68.8 cm³/mol. The second-order valence-corrected chi connectivity index (χ2v) is 5.90. The summed E-state index contributed by atoms with van der Waals surface area (Å²) in [6.07, 6.45) is 0.351. The normalized spacial score (nSPS) is 25.7. The average molecular weight is 228 g/mol. The van der Waals surface area contributed by atoms with Crippen molar-refractivity contribution < 1.29 is 4.74 Å². The number of nitrogens with zero attached hydrogens (tertiary/aromatic N) is 1. The van der Waals surface area contributed by atoms with Gasteiger partial charge in [0.05, 0.1) is 6.10 Å². The molecule has 0 aliphatic carbocycles. The second kappa shape index (κ2) is 5.99. The van der Waals surface area contributed by atoms with Gasteiger partial charge in [0.1, 0.15) is 0 Å². The summed E-state index contributed by atoms with van der Waals surface area (Å²) in [5.74, 6) is 0. The van der Waals surface area contributed by atoms with Crippen LogP contribution in [-0.4, -0.2) is 49.8 Å². The first-order chi connectivity index (χ1) is 7.43. The fourth-order valence-electron chi connectivity index (χ4n) is 2.26. The molecular weight excluding hydrogens is 200 g/mol. The Hall–Kier alpha value is -0.120. The van der Waals surface area contributed by atoms with Gasteiger partial charge in [0.15, 0.2) is 0 Å². The molecule has 1 aliphatic heterocycles. The number of ether oxygens (including phenoxy) is 1. The van der Waals surface area contributed by atoms with Crippen LogP contribution < -0.4 is 5.32 Å². The summed E-state index contributed by atoms with van der Waals surface area (Å²) in [6, 6.07) is 0.593. The molecule has 0 aromatic carbocycles. The third kappa shape index (κ3) is 4.40. The van der Waals surface area contributed by atoms with Gasteiger partial charge in [-0.25, -0.2) is 0 Å². The van der Waals surface area contributed by atoms with Crippen molar-refractivity contribution in [2.24, 2.45) is 5.41 Å². The van der Waals surface area contributed by atoms with E-state index in [9.17, 15) is 0 Å². The summed E-state index contributed by atoms with van der Waals surface area (Å²) in [5, 5.41) is 3.61. The minimum absolute atomic E-state index is 0.341. The first-order valence-electron chi connectivity index (χ1n) is 6.50. The Kier molecular flexibility index (Phi) is 5.22. The topological polar surface area (TPSA) is 24.5 Å². The predicted octanol–water partition coefficient (Wildman–Crippen LogP) is 1.73. The van der Waals surface area contributed by atoms with Crippen LogP contribution in [0, 0.1) is 5.41 Å². The maximum atomic E-state index is 5.60. The van der Waals surface area contributed by atoms with Crippen LogP contribution in [0.3, 0.4) is 0 Å². The van der Waals surface area contributed by atoms with Crippen LogP contribution >= 0.6 is 0 Å². The molecule has 1 heterocycles. The maximum absolute atomic E-state index is 5.60. The van der Waals surface area contributed by atoms with E-state index >= 15 is 0 Å². The minimum atomic E-state index is 0.341. The van der Waals surface area contributed by atoms with E-state index in [0.29, 0.717) is 17.6 Å². The monoisotopic (exact) mass is 228 g/mol. The molecule has 0 bridgehead atoms. The standard InChI is InChI=1S/C13H28N2O/c1-6-16-11(2)9-15-8-7-14-12(10-15)13(3,4)5/h11-12,14H,6-10H2,1-5H3. The van der Waals surface area contributed by atoms with Crippen molar-refractivity contribution in [3.05, 3.63) is 0 Å². The fourth-order valence-corrected chi connectivity index (χ4v) is 2.26. The lowest BCUT2D eigenvalue weighted by molar-refractivity contribution is 0.0301. The van der Waals surface area contributed by atoms with Crippen LogP contribution in [0.25, 0.3) is 0 Å². The zero-order valence-electron chi connectivity index (χ0n) is 11.5. The number of rotatable bonds is 4. The number of hydrogen-bond donors (Lipinski definition) is 1. The summed E-state index contributed by atoms with van der Waals surface area (Å²) in [5.41, 5.74) is 0.341. The van der Waals surface area contributed by atoms with Gasteiger partial charge in [-0.05, 0) is 19.3 Å². The summed E-state index contributed by atoms with van der Waals surface area (Å²) < 4.78 is 5.60. The van der Waals surface area contributed by atoms with Gasteiger partial charge in [0, 0.05) is 38.8 Å². The van der Waals surface area contributed by atoms with Crippen LogP contribution in [-0.2, 0) is 4.74 Å². The first kappa shape index (κ1) is 13.9. The Morgan fingerprint density at radius 3 is 2.69 bits per heavy atom. The van der Waals surface area contributed by atoms with Crippen molar-refractivity contribution in [1.82, 2.24) is 10.2 Å². The van der Waals surface area contributed by atoms with E-state index in [-0.39, 0.29) is 0 Å². The molecule has 3 nitrogen and oxygen atoms in total. The van der Waals surface area contributed by atoms with Gasteiger partial charge in [-0.15, -0.1) is 0 Å². The van der Waals surface area contributed by atoms with Gasteiger partial charge in [-0.2, -0.15) is 0 Å². The van der Waals surface area contributed by atoms with Gasteiger partial charge >= 0.3 is 0 Å². The van der Waals surface area contributed by atoms with Crippen molar-refractivity contribution in [3.8, 4) is 0 Å². The Morgan fingerprint density at radius 1 is 1.44 bits per heavy atom. The molecule has 1 aliphatic rings. The quantitative estimate of drug-likeness (QED) is 0.793. The smallest absolute Gasteiger partial charge is 0.0673 e. The van der Waals surface area contributed by atoms with Crippen molar-refractivity contribution in [2.45, 2.75) is 46.8 Å². The number of hydrogen-bond acceptors (Lipinski definition) is 3. The number of piperazine rings is 1. The third-order valence-corrected chi connectivity index (χ3v) is 3.27. The van der Waals surface area contributed by atoms with Gasteiger partial charge in [0.25, 0.3) is 0 Å². The van der Waals surface area contributed by atoms with Crippen LogP contribution in [0.5, 0.6) is 0 Å². The number of nitrogens with one attached hydrogen (secondary N) is 1. The Balaban J connectivity index is 2.39. The SMILES string of the molecule is CCOC(C)CN1CCNC(C(C)(C)C)C1. The molecule has 3 heteroatoms. The molecule has 0 amide bonds. The third-order valence-electron chi connectivity index (χ3n) is 3.27. The Morgan fingerprint density at radius 2 is 2.12 bits per heavy atom. The van der Waals surface area contributed by atoms with Gasteiger partial charge in [0.2, 0.25) is 0 Å². The molecule has 0 spiro atoms. The molecule has 0 saturated carbocycles. The van der Waals surface area contributed by atoms with E-state index in [1.165, 1.54) is 0 Å². The summed E-state index contributed by atoms with van der Waals surface area (Å²) in [4.78, 5) is 2.52. The van der Waals surface area contributed by atoms with E-state index in [2.05, 4.69) is 44.8 Å². The highest BCUT2D eigenvalue weighted by Crippen LogP contribution is 2.21. The summed E-state index contributed by atoms with van der Waals surface area (Å²) in [6.45, 7) is 16.4. The molecule has 1 saturated heterocycles. The maximum Gasteiger partial charge on any atom is 0.0673 e. The van der Waals surface area contributed by atoms with Crippen LogP contribution in [0.4, 0.5) is 0 Å². The van der Waals surface area contributed by atoms with E-state index in [1.807, 2.05) is 0 Å². The van der Waals surface area contributed by atoms with E-state index < -0.39 is 0 Å². The zero-order valence-corrected chi connectivity index (χ0v) is 11.5. The lowest BCUT2D eigenvalue weighted by Crippen LogP contribution is -2.56. The molecule has 1 N–H and O–H groups in total. The largest absolute Gasteiger partial charge is 0.377 e. The Labute approximate surface area is 101 Å². The molecule has 0 aromatic rings. The summed E-state index contributed by atoms with van der Waals surface area (Å²) in [7, 11) is 0. The van der Waals surface area contributed by atoms with Gasteiger partial charge in [-0.1, -0.05) is 20.8 Å². The van der Waals surface area contributed by atoms with Crippen molar-refractivity contribution in [1.29, 1.82) is 0 Å².